The van der Waals surface area contributed by atoms with Crippen molar-refractivity contribution in [2.45, 2.75) is 37.0 Å². The highest BCUT2D eigenvalue weighted by Crippen LogP contribution is 2.28. The second-order valence-corrected chi connectivity index (χ2v) is 7.19. The standard InChI is InChI=1S/C10H20N2O2Si/c1-11-5-6-15(14)7-9(11)8-3-4-10(13)12(8)2/h8-9,14-15H,3-7H2,1-2H3/t8?,9?,15-/m0/s1. The molecule has 2 heterocycles. The zero-order valence-corrected chi connectivity index (χ0v) is 10.7. The molecule has 5 heteroatoms. The first-order valence-electron chi connectivity index (χ1n) is 5.73. The van der Waals surface area contributed by atoms with E-state index in [1.165, 1.54) is 0 Å². The molecule has 0 radical (unpaired) electrons. The van der Waals surface area contributed by atoms with Gasteiger partial charge in [-0.05, 0) is 32.1 Å². The fourth-order valence-electron chi connectivity index (χ4n) is 2.82. The third kappa shape index (κ3) is 2.09. The first kappa shape index (κ1) is 11.1. The highest BCUT2D eigenvalue weighted by molar-refractivity contribution is 6.50. The molecule has 2 rings (SSSR count). The minimum atomic E-state index is -1.47. The molecule has 4 nitrogen and oxygen atoms in total. The first-order chi connectivity index (χ1) is 7.09. The number of nitrogens with zero attached hydrogens (tertiary/aromatic N) is 2. The van der Waals surface area contributed by atoms with Gasteiger partial charge in [0, 0.05) is 25.6 Å². The Morgan fingerprint density at radius 3 is 2.73 bits per heavy atom. The molecular formula is C10H20N2O2Si. The second kappa shape index (κ2) is 4.23. The Morgan fingerprint density at radius 1 is 1.40 bits per heavy atom. The maximum atomic E-state index is 11.5. The lowest BCUT2D eigenvalue weighted by molar-refractivity contribution is -0.128. The third-order valence-corrected chi connectivity index (χ3v) is 5.84. The highest BCUT2D eigenvalue weighted by Gasteiger charge is 2.39. The number of hydrogen-bond acceptors (Lipinski definition) is 3. The fraction of sp³-hybridized carbons (Fsp3) is 0.900. The van der Waals surface area contributed by atoms with Crippen LogP contribution in [-0.2, 0) is 4.79 Å². The van der Waals surface area contributed by atoms with Gasteiger partial charge in [-0.2, -0.15) is 0 Å². The number of hydrogen-bond donors (Lipinski definition) is 1. The van der Waals surface area contributed by atoms with Crippen molar-refractivity contribution in [3.63, 3.8) is 0 Å². The average molecular weight is 228 g/mol. The molecule has 0 aromatic carbocycles. The SMILES string of the molecule is CN1CC[Si@H](O)CC1C1CCC(=O)N1C. The van der Waals surface area contributed by atoms with Crippen LogP contribution in [0.3, 0.4) is 0 Å². The number of likely N-dealkylation sites (tertiary alicyclic amines) is 1. The van der Waals surface area contributed by atoms with Gasteiger partial charge in [-0.25, -0.2) is 0 Å². The van der Waals surface area contributed by atoms with Crippen LogP contribution < -0.4 is 0 Å². The van der Waals surface area contributed by atoms with Crippen LogP contribution in [0.25, 0.3) is 0 Å². The van der Waals surface area contributed by atoms with Crippen molar-refractivity contribution < 1.29 is 9.59 Å². The zero-order chi connectivity index (χ0) is 11.0. The topological polar surface area (TPSA) is 43.8 Å². The molecule has 15 heavy (non-hydrogen) atoms. The van der Waals surface area contributed by atoms with Crippen LogP contribution in [0.4, 0.5) is 0 Å². The lowest BCUT2D eigenvalue weighted by atomic mass is 10.1. The van der Waals surface area contributed by atoms with Crippen LogP contribution in [-0.4, -0.2) is 62.3 Å². The second-order valence-electron chi connectivity index (χ2n) is 4.84. The Balaban J connectivity index is 2.05. The molecule has 86 valence electrons. The quantitative estimate of drug-likeness (QED) is 0.623. The molecule has 0 aromatic heterocycles. The smallest absolute Gasteiger partial charge is 0.222 e. The van der Waals surface area contributed by atoms with Gasteiger partial charge in [-0.15, -0.1) is 0 Å². The summed E-state index contributed by atoms with van der Waals surface area (Å²) in [7, 11) is 2.54. The van der Waals surface area contributed by atoms with Crippen molar-refractivity contribution in [2.24, 2.45) is 0 Å². The summed E-state index contributed by atoms with van der Waals surface area (Å²) in [5, 5.41) is 0. The van der Waals surface area contributed by atoms with E-state index in [0.29, 0.717) is 18.5 Å². The molecule has 0 aromatic rings. The van der Waals surface area contributed by atoms with Crippen LogP contribution in [0.1, 0.15) is 12.8 Å². The molecule has 2 aliphatic heterocycles. The third-order valence-electron chi connectivity index (χ3n) is 3.88. The molecule has 0 aliphatic carbocycles. The Morgan fingerprint density at radius 2 is 2.13 bits per heavy atom. The Kier molecular flexibility index (Phi) is 3.13. The van der Waals surface area contributed by atoms with Crippen LogP contribution in [0.5, 0.6) is 0 Å². The van der Waals surface area contributed by atoms with Gasteiger partial charge in [0.1, 0.15) is 0 Å². The number of likely N-dealkylation sites (N-methyl/N-ethyl adjacent to an activating group) is 2. The van der Waals surface area contributed by atoms with Crippen molar-refractivity contribution in [1.29, 1.82) is 0 Å². The molecule has 2 aliphatic rings. The van der Waals surface area contributed by atoms with Crippen molar-refractivity contribution >= 4 is 14.9 Å². The van der Waals surface area contributed by atoms with Gasteiger partial charge in [-0.1, -0.05) is 0 Å². The molecule has 1 amide bonds. The van der Waals surface area contributed by atoms with Crippen LogP contribution in [0.2, 0.25) is 12.1 Å². The Hall–Kier alpha value is -0.393. The summed E-state index contributed by atoms with van der Waals surface area (Å²) in [6, 6.07) is 2.68. The number of rotatable bonds is 1. The molecule has 3 atom stereocenters. The molecule has 2 unspecified atom stereocenters. The Bertz CT molecular complexity index is 262. The predicted molar refractivity (Wildman–Crippen MR) is 61.2 cm³/mol. The van der Waals surface area contributed by atoms with E-state index in [1.807, 2.05) is 11.9 Å². The summed E-state index contributed by atoms with van der Waals surface area (Å²) < 4.78 is 0. The predicted octanol–water partition coefficient (Wildman–Crippen LogP) is -0.363. The summed E-state index contributed by atoms with van der Waals surface area (Å²) >= 11 is 0. The summed E-state index contributed by atoms with van der Waals surface area (Å²) in [5.41, 5.74) is 0. The van der Waals surface area contributed by atoms with E-state index in [2.05, 4.69) is 11.9 Å². The number of carbonyl (C=O) groups excluding carboxylic acids is 1. The van der Waals surface area contributed by atoms with Crippen LogP contribution in [0.15, 0.2) is 0 Å². The zero-order valence-electron chi connectivity index (χ0n) is 9.52. The van der Waals surface area contributed by atoms with Gasteiger partial charge >= 0.3 is 0 Å². The normalized spacial score (nSPS) is 38.7. The maximum Gasteiger partial charge on any atom is 0.222 e. The van der Waals surface area contributed by atoms with Gasteiger partial charge in [0.2, 0.25) is 5.91 Å². The lowest BCUT2D eigenvalue weighted by Gasteiger charge is -2.40. The van der Waals surface area contributed by atoms with Crippen molar-refractivity contribution in [1.82, 2.24) is 9.80 Å². The van der Waals surface area contributed by atoms with E-state index in [9.17, 15) is 9.59 Å². The summed E-state index contributed by atoms with van der Waals surface area (Å²) in [5.74, 6) is 0.259. The van der Waals surface area contributed by atoms with E-state index in [1.54, 1.807) is 0 Å². The van der Waals surface area contributed by atoms with Gasteiger partial charge in [-0.3, -0.25) is 4.79 Å². The van der Waals surface area contributed by atoms with Crippen molar-refractivity contribution in [3.8, 4) is 0 Å². The fourth-order valence-corrected chi connectivity index (χ4v) is 5.00. The highest BCUT2D eigenvalue weighted by atomic mass is 28.3. The number of carbonyl (C=O) groups is 1. The molecule has 2 saturated heterocycles. The van der Waals surface area contributed by atoms with E-state index in [4.69, 9.17) is 0 Å². The van der Waals surface area contributed by atoms with Gasteiger partial charge < -0.3 is 14.6 Å². The minimum Gasteiger partial charge on any atom is -0.435 e. The largest absolute Gasteiger partial charge is 0.435 e. The van der Waals surface area contributed by atoms with E-state index in [-0.39, 0.29) is 5.91 Å². The molecule has 2 fully saturated rings. The van der Waals surface area contributed by atoms with Gasteiger partial charge in [0.15, 0.2) is 9.04 Å². The van der Waals surface area contributed by atoms with Gasteiger partial charge in [0.05, 0.1) is 0 Å². The van der Waals surface area contributed by atoms with E-state index in [0.717, 1.165) is 25.1 Å². The molecular weight excluding hydrogens is 208 g/mol. The van der Waals surface area contributed by atoms with E-state index < -0.39 is 9.04 Å². The van der Waals surface area contributed by atoms with E-state index >= 15 is 0 Å². The molecule has 0 bridgehead atoms. The summed E-state index contributed by atoms with van der Waals surface area (Å²) in [4.78, 5) is 25.5. The Labute approximate surface area is 92.6 Å². The molecule has 0 saturated carbocycles. The lowest BCUT2D eigenvalue weighted by Crippen LogP contribution is -2.52. The monoisotopic (exact) mass is 228 g/mol. The first-order valence-corrected chi connectivity index (χ1v) is 7.88. The van der Waals surface area contributed by atoms with Gasteiger partial charge in [0.25, 0.3) is 0 Å². The average Bonchev–Trinajstić information content (AvgIpc) is 2.52. The summed E-state index contributed by atoms with van der Waals surface area (Å²) in [6.07, 6.45) is 1.65. The van der Waals surface area contributed by atoms with Crippen LogP contribution in [0, 0.1) is 0 Å². The van der Waals surface area contributed by atoms with Crippen LogP contribution >= 0.6 is 0 Å². The maximum absolute atomic E-state index is 11.5. The van der Waals surface area contributed by atoms with Crippen molar-refractivity contribution in [2.75, 3.05) is 20.6 Å². The van der Waals surface area contributed by atoms with Crippen molar-refractivity contribution in [3.05, 3.63) is 0 Å². The molecule has 1 N–H and O–H groups in total. The summed E-state index contributed by atoms with van der Waals surface area (Å²) in [6.45, 7) is 0.997. The number of amides is 1. The minimum absolute atomic E-state index is 0.259. The molecule has 0 spiro atoms.